The molecule has 0 saturated carbocycles. The van der Waals surface area contributed by atoms with Crippen LogP contribution >= 0.6 is 22.6 Å². The molecule has 0 N–H and O–H groups in total. The summed E-state index contributed by atoms with van der Waals surface area (Å²) in [5, 5.41) is 0. The normalized spacial score (nSPS) is 33.0. The Balaban J connectivity index is 2.63. The smallest absolute Gasteiger partial charge is 0.418 e. The number of cyclic esters (lactones) is 2. The van der Waals surface area contributed by atoms with Gasteiger partial charge in [0.25, 0.3) is 0 Å². The van der Waals surface area contributed by atoms with E-state index in [-0.39, 0.29) is 10.2 Å². The highest BCUT2D eigenvalue weighted by molar-refractivity contribution is 14.1. The predicted molar refractivity (Wildman–Crippen MR) is 39.5 cm³/mol. The van der Waals surface area contributed by atoms with Crippen molar-refractivity contribution in [2.45, 2.75) is 17.1 Å². The third kappa shape index (κ3) is 1.39. The molecule has 1 unspecified atom stereocenters. The molecule has 0 spiro atoms. The summed E-state index contributed by atoms with van der Waals surface area (Å²) < 4.78 is 8.82. The number of hydrogen-bond acceptors (Lipinski definition) is 4. The van der Waals surface area contributed by atoms with Crippen molar-refractivity contribution < 1.29 is 19.1 Å². The number of carbonyl (C=O) groups is 2. The number of rotatable bonds is 0. The van der Waals surface area contributed by atoms with Gasteiger partial charge in [0.1, 0.15) is 6.10 Å². The van der Waals surface area contributed by atoms with Gasteiger partial charge in [-0.25, -0.2) is 9.59 Å². The Labute approximate surface area is 71.0 Å². The zero-order valence-corrected chi connectivity index (χ0v) is 7.32. The molecule has 0 aromatic carbocycles. The standard InChI is InChI=1S/C5H5IO4/c1-2-3(6)10-5(8)4(7)9-2/h2-3H,1H3/t2-,3?/m0/s1. The zero-order chi connectivity index (χ0) is 7.72. The second-order valence-corrected chi connectivity index (χ2v) is 3.09. The Morgan fingerprint density at radius 3 is 2.30 bits per heavy atom. The Morgan fingerprint density at radius 1 is 1.30 bits per heavy atom. The molecule has 1 aliphatic rings. The van der Waals surface area contributed by atoms with Crippen molar-refractivity contribution in [3.8, 4) is 0 Å². The summed E-state index contributed by atoms with van der Waals surface area (Å²) in [5.41, 5.74) is 0. The van der Waals surface area contributed by atoms with Crippen molar-refractivity contribution in [1.29, 1.82) is 0 Å². The molecule has 0 aromatic rings. The zero-order valence-electron chi connectivity index (χ0n) is 5.17. The van der Waals surface area contributed by atoms with Crippen LogP contribution in [0.5, 0.6) is 0 Å². The van der Waals surface area contributed by atoms with Gasteiger partial charge in [0.2, 0.25) is 0 Å². The van der Waals surface area contributed by atoms with Crippen LogP contribution < -0.4 is 0 Å². The van der Waals surface area contributed by atoms with E-state index in [4.69, 9.17) is 0 Å². The molecule has 10 heavy (non-hydrogen) atoms. The third-order valence-electron chi connectivity index (χ3n) is 1.05. The molecule has 1 saturated heterocycles. The highest BCUT2D eigenvalue weighted by atomic mass is 127. The van der Waals surface area contributed by atoms with Gasteiger partial charge in [-0.2, -0.15) is 0 Å². The lowest BCUT2D eigenvalue weighted by atomic mass is 10.4. The summed E-state index contributed by atoms with van der Waals surface area (Å²) in [4.78, 5) is 20.9. The van der Waals surface area contributed by atoms with E-state index in [1.165, 1.54) is 0 Å². The largest absolute Gasteiger partial charge is 0.449 e. The molecule has 0 radical (unpaired) electrons. The molecule has 1 heterocycles. The number of halogens is 1. The van der Waals surface area contributed by atoms with E-state index in [1.54, 1.807) is 6.92 Å². The van der Waals surface area contributed by atoms with E-state index in [0.717, 1.165) is 0 Å². The Morgan fingerprint density at radius 2 is 1.80 bits per heavy atom. The maximum atomic E-state index is 10.4. The monoisotopic (exact) mass is 256 g/mol. The lowest BCUT2D eigenvalue weighted by molar-refractivity contribution is -0.185. The molecule has 1 aliphatic heterocycles. The van der Waals surface area contributed by atoms with Crippen LogP contribution in [0.1, 0.15) is 6.92 Å². The van der Waals surface area contributed by atoms with Gasteiger partial charge in [-0.15, -0.1) is 0 Å². The number of carbonyl (C=O) groups excluding carboxylic acids is 2. The van der Waals surface area contributed by atoms with E-state index >= 15 is 0 Å². The predicted octanol–water partition coefficient (Wildman–Crippen LogP) is 0.236. The molecule has 0 aliphatic carbocycles. The highest BCUT2D eigenvalue weighted by Crippen LogP contribution is 2.16. The molecule has 1 fully saturated rings. The molecule has 1 rings (SSSR count). The maximum Gasteiger partial charge on any atom is 0.418 e. The van der Waals surface area contributed by atoms with Gasteiger partial charge >= 0.3 is 11.9 Å². The fraction of sp³-hybridized carbons (Fsp3) is 0.600. The fourth-order valence-corrected chi connectivity index (χ4v) is 0.894. The minimum Gasteiger partial charge on any atom is -0.449 e. The van der Waals surface area contributed by atoms with Crippen molar-refractivity contribution >= 4 is 34.5 Å². The second-order valence-electron chi connectivity index (χ2n) is 1.87. The van der Waals surface area contributed by atoms with Crippen molar-refractivity contribution in [3.63, 3.8) is 0 Å². The van der Waals surface area contributed by atoms with Crippen LogP contribution in [0.2, 0.25) is 0 Å². The average molecular weight is 256 g/mol. The van der Waals surface area contributed by atoms with Gasteiger partial charge in [0, 0.05) is 0 Å². The maximum absolute atomic E-state index is 10.4. The number of esters is 2. The molecule has 0 bridgehead atoms. The van der Waals surface area contributed by atoms with Crippen LogP contribution in [0.15, 0.2) is 0 Å². The number of ether oxygens (including phenoxy) is 2. The summed E-state index contributed by atoms with van der Waals surface area (Å²) >= 11 is 1.89. The topological polar surface area (TPSA) is 52.6 Å². The van der Waals surface area contributed by atoms with E-state index < -0.39 is 11.9 Å². The molecule has 0 aromatic heterocycles. The van der Waals surface area contributed by atoms with Gasteiger partial charge in [-0.05, 0) is 29.5 Å². The van der Waals surface area contributed by atoms with Crippen molar-refractivity contribution in [3.05, 3.63) is 0 Å². The van der Waals surface area contributed by atoms with Crippen LogP contribution in [0.4, 0.5) is 0 Å². The lowest BCUT2D eigenvalue weighted by Gasteiger charge is -2.23. The molecule has 2 atom stereocenters. The van der Waals surface area contributed by atoms with E-state index in [9.17, 15) is 9.59 Å². The minimum atomic E-state index is -0.905. The van der Waals surface area contributed by atoms with Crippen LogP contribution in [0.25, 0.3) is 0 Å². The summed E-state index contributed by atoms with van der Waals surface area (Å²) in [6, 6.07) is 0. The van der Waals surface area contributed by atoms with E-state index in [1.807, 2.05) is 22.6 Å². The first-order valence-electron chi connectivity index (χ1n) is 2.67. The lowest BCUT2D eigenvalue weighted by Crippen LogP contribution is -2.39. The first-order valence-corrected chi connectivity index (χ1v) is 3.91. The van der Waals surface area contributed by atoms with E-state index in [0.29, 0.717) is 0 Å². The fourth-order valence-electron chi connectivity index (χ4n) is 0.517. The first kappa shape index (κ1) is 7.77. The van der Waals surface area contributed by atoms with Crippen LogP contribution in [0.3, 0.4) is 0 Å². The van der Waals surface area contributed by atoms with Crippen LogP contribution in [-0.2, 0) is 19.1 Å². The first-order chi connectivity index (χ1) is 4.61. The average Bonchev–Trinajstić information content (AvgIpc) is 1.84. The molecular weight excluding hydrogens is 251 g/mol. The van der Waals surface area contributed by atoms with Crippen molar-refractivity contribution in [2.24, 2.45) is 0 Å². The molecule has 4 nitrogen and oxygen atoms in total. The highest BCUT2D eigenvalue weighted by Gasteiger charge is 2.33. The summed E-state index contributed by atoms with van der Waals surface area (Å²) in [7, 11) is 0. The van der Waals surface area contributed by atoms with Crippen LogP contribution in [0, 0.1) is 0 Å². The van der Waals surface area contributed by atoms with E-state index in [2.05, 4.69) is 9.47 Å². The SMILES string of the molecule is C[C@@H]1OC(=O)C(=O)OC1I. The number of alkyl halides is 1. The third-order valence-corrected chi connectivity index (χ3v) is 2.32. The summed E-state index contributed by atoms with van der Waals surface area (Å²) in [5.74, 6) is -1.81. The van der Waals surface area contributed by atoms with Gasteiger partial charge in [0.15, 0.2) is 4.11 Å². The molecule has 5 heteroatoms. The van der Waals surface area contributed by atoms with Gasteiger partial charge in [0.05, 0.1) is 0 Å². The van der Waals surface area contributed by atoms with Crippen molar-refractivity contribution in [2.75, 3.05) is 0 Å². The van der Waals surface area contributed by atoms with Gasteiger partial charge in [-0.3, -0.25) is 0 Å². The quantitative estimate of drug-likeness (QED) is 0.269. The van der Waals surface area contributed by atoms with Gasteiger partial charge in [-0.1, -0.05) is 0 Å². The molecule has 0 amide bonds. The number of hydrogen-bond donors (Lipinski definition) is 0. The van der Waals surface area contributed by atoms with Crippen LogP contribution in [-0.4, -0.2) is 22.2 Å². The Bertz CT molecular complexity index is 158. The van der Waals surface area contributed by atoms with Crippen molar-refractivity contribution in [1.82, 2.24) is 0 Å². The molecular formula is C5H5IO4. The molecule has 56 valence electrons. The Kier molecular flexibility index (Phi) is 2.12. The van der Waals surface area contributed by atoms with Gasteiger partial charge < -0.3 is 9.47 Å². The summed E-state index contributed by atoms with van der Waals surface area (Å²) in [6.07, 6.45) is -0.342. The Hall–Kier alpha value is -0.330. The minimum absolute atomic E-state index is 0.342. The second kappa shape index (κ2) is 2.73. The summed E-state index contributed by atoms with van der Waals surface area (Å²) in [6.45, 7) is 1.67.